The zero-order valence-corrected chi connectivity index (χ0v) is 17.0. The van der Waals surface area contributed by atoms with E-state index >= 15 is 0 Å². The van der Waals surface area contributed by atoms with E-state index in [0.29, 0.717) is 0 Å². The van der Waals surface area contributed by atoms with Gasteiger partial charge in [0.05, 0.1) is 13.2 Å². The van der Waals surface area contributed by atoms with Crippen molar-refractivity contribution < 1.29 is 29.6 Å². The highest BCUT2D eigenvalue weighted by Crippen LogP contribution is 2.19. The van der Waals surface area contributed by atoms with Crippen molar-refractivity contribution in [2.24, 2.45) is 0 Å². The molecular weight excluding hydrogens is 348 g/mol. The van der Waals surface area contributed by atoms with E-state index in [1.54, 1.807) is 0 Å². The number of ether oxygens (including phenoxy) is 2. The minimum absolute atomic E-state index is 0.0567. The molecule has 0 aromatic heterocycles. The lowest BCUT2D eigenvalue weighted by Gasteiger charge is -2.36. The summed E-state index contributed by atoms with van der Waals surface area (Å²) in [5.74, 6) is -0.413. The summed E-state index contributed by atoms with van der Waals surface area (Å²) in [4.78, 5) is 11.9. The Morgan fingerprint density at radius 3 is 1.96 bits per heavy atom. The molecule has 0 saturated carbocycles. The first kappa shape index (κ1) is 24.3. The molecule has 1 aliphatic heterocycles. The Morgan fingerprint density at radius 2 is 1.44 bits per heavy atom. The van der Waals surface area contributed by atoms with E-state index in [-0.39, 0.29) is 19.6 Å². The Bertz CT molecular complexity index is 376. The number of hydrogen-bond acceptors (Lipinski definition) is 6. The predicted molar refractivity (Wildman–Crippen MR) is 104 cm³/mol. The average Bonchev–Trinajstić information content (AvgIpc) is 2.66. The highest BCUT2D eigenvalue weighted by atomic mass is 16.6. The number of hydrogen-bond donors (Lipinski definition) is 3. The number of carbonyl (C=O) groups excluding carboxylic acids is 1. The molecule has 0 aliphatic carbocycles. The van der Waals surface area contributed by atoms with Crippen LogP contribution in [0.1, 0.15) is 90.4 Å². The first-order chi connectivity index (χ1) is 13.1. The largest absolute Gasteiger partial charge is 0.457 e. The summed E-state index contributed by atoms with van der Waals surface area (Å²) in [5.41, 5.74) is 0. The van der Waals surface area contributed by atoms with Crippen molar-refractivity contribution in [3.05, 3.63) is 0 Å². The maximum absolute atomic E-state index is 11.9. The van der Waals surface area contributed by atoms with Crippen LogP contribution in [0.5, 0.6) is 0 Å². The number of aliphatic hydroxyl groups is 3. The summed E-state index contributed by atoms with van der Waals surface area (Å²) in [7, 11) is 0. The lowest BCUT2D eigenvalue weighted by Crippen LogP contribution is -2.55. The second kappa shape index (κ2) is 15.3. The molecule has 6 nitrogen and oxygen atoms in total. The fourth-order valence-electron chi connectivity index (χ4n) is 3.48. The van der Waals surface area contributed by atoms with E-state index in [1.807, 2.05) is 0 Å². The van der Waals surface area contributed by atoms with Gasteiger partial charge >= 0.3 is 5.97 Å². The molecule has 0 aromatic rings. The minimum atomic E-state index is -1.20. The molecule has 0 amide bonds. The van der Waals surface area contributed by atoms with Crippen LogP contribution in [0.15, 0.2) is 0 Å². The van der Waals surface area contributed by atoms with Gasteiger partial charge in [0, 0.05) is 6.42 Å². The molecule has 1 aliphatic rings. The molecule has 1 fully saturated rings. The highest BCUT2D eigenvalue weighted by Gasteiger charge is 2.40. The molecule has 1 rings (SSSR count). The summed E-state index contributed by atoms with van der Waals surface area (Å²) in [5, 5.41) is 28.9. The van der Waals surface area contributed by atoms with Crippen LogP contribution in [0.2, 0.25) is 0 Å². The third-order valence-electron chi connectivity index (χ3n) is 5.26. The van der Waals surface area contributed by atoms with Crippen LogP contribution in [-0.4, -0.2) is 58.9 Å². The molecule has 0 radical (unpaired) electrons. The standard InChI is InChI=1S/C21H40O6/c1-2-3-4-5-6-7-8-9-10-11-12-13-14-19(24)27-21-17(23)16-26-18(15-22)20(21)25/h17-18,20-23,25H,2-16H2,1H3/t17-,18-,20-,21-/m1/s1. The summed E-state index contributed by atoms with van der Waals surface area (Å²) in [6.07, 6.45) is 10.9. The van der Waals surface area contributed by atoms with Crippen LogP contribution in [0.3, 0.4) is 0 Å². The minimum Gasteiger partial charge on any atom is -0.457 e. The molecule has 0 unspecified atom stereocenters. The van der Waals surface area contributed by atoms with E-state index < -0.39 is 30.4 Å². The Hall–Kier alpha value is -0.690. The fraction of sp³-hybridized carbons (Fsp3) is 0.952. The van der Waals surface area contributed by atoms with Crippen molar-refractivity contribution in [3.8, 4) is 0 Å². The van der Waals surface area contributed by atoms with Crippen molar-refractivity contribution in [2.75, 3.05) is 13.2 Å². The summed E-state index contributed by atoms with van der Waals surface area (Å²) >= 11 is 0. The number of aliphatic hydroxyl groups excluding tert-OH is 3. The summed E-state index contributed by atoms with van der Waals surface area (Å²) < 4.78 is 10.3. The second-order valence-electron chi connectivity index (χ2n) is 7.71. The van der Waals surface area contributed by atoms with Gasteiger partial charge in [-0.1, -0.05) is 77.6 Å². The molecule has 27 heavy (non-hydrogen) atoms. The van der Waals surface area contributed by atoms with Gasteiger partial charge in [-0.05, 0) is 6.42 Å². The topological polar surface area (TPSA) is 96.2 Å². The van der Waals surface area contributed by atoms with Gasteiger partial charge in [0.25, 0.3) is 0 Å². The summed E-state index contributed by atoms with van der Waals surface area (Å²) in [6.45, 7) is 1.81. The molecule has 3 N–H and O–H groups in total. The number of rotatable bonds is 15. The van der Waals surface area contributed by atoms with Gasteiger partial charge in [-0.25, -0.2) is 0 Å². The number of unbranched alkanes of at least 4 members (excludes halogenated alkanes) is 11. The molecular formula is C21H40O6. The van der Waals surface area contributed by atoms with Crippen molar-refractivity contribution in [3.63, 3.8) is 0 Å². The van der Waals surface area contributed by atoms with Gasteiger partial charge < -0.3 is 24.8 Å². The van der Waals surface area contributed by atoms with E-state index in [9.17, 15) is 15.0 Å². The van der Waals surface area contributed by atoms with E-state index in [1.165, 1.54) is 57.8 Å². The predicted octanol–water partition coefficient (Wildman–Crippen LogP) is 3.10. The first-order valence-corrected chi connectivity index (χ1v) is 10.9. The zero-order chi connectivity index (χ0) is 19.9. The van der Waals surface area contributed by atoms with Crippen molar-refractivity contribution >= 4 is 5.97 Å². The smallest absolute Gasteiger partial charge is 0.306 e. The van der Waals surface area contributed by atoms with E-state index in [4.69, 9.17) is 14.6 Å². The Kier molecular flexibility index (Phi) is 13.8. The van der Waals surface area contributed by atoms with Gasteiger partial charge in [-0.3, -0.25) is 4.79 Å². The Balaban J connectivity index is 1.99. The van der Waals surface area contributed by atoms with Gasteiger partial charge in [0.1, 0.15) is 18.3 Å². The first-order valence-electron chi connectivity index (χ1n) is 10.9. The van der Waals surface area contributed by atoms with Gasteiger partial charge in [0.15, 0.2) is 6.10 Å². The van der Waals surface area contributed by atoms with Crippen LogP contribution in [-0.2, 0) is 14.3 Å². The highest BCUT2D eigenvalue weighted by molar-refractivity contribution is 5.69. The molecule has 0 spiro atoms. The van der Waals surface area contributed by atoms with Crippen LogP contribution in [0, 0.1) is 0 Å². The number of esters is 1. The van der Waals surface area contributed by atoms with Crippen molar-refractivity contribution in [2.45, 2.75) is 115 Å². The lowest BCUT2D eigenvalue weighted by atomic mass is 10.0. The van der Waals surface area contributed by atoms with Gasteiger partial charge in [-0.2, -0.15) is 0 Å². The second-order valence-corrected chi connectivity index (χ2v) is 7.71. The quantitative estimate of drug-likeness (QED) is 0.295. The average molecular weight is 389 g/mol. The molecule has 0 aromatic carbocycles. The van der Waals surface area contributed by atoms with Crippen LogP contribution < -0.4 is 0 Å². The third kappa shape index (κ3) is 10.4. The van der Waals surface area contributed by atoms with E-state index in [0.717, 1.165) is 19.3 Å². The Morgan fingerprint density at radius 1 is 0.926 bits per heavy atom. The third-order valence-corrected chi connectivity index (χ3v) is 5.26. The van der Waals surface area contributed by atoms with Crippen molar-refractivity contribution in [1.29, 1.82) is 0 Å². The maximum Gasteiger partial charge on any atom is 0.306 e. The van der Waals surface area contributed by atoms with Gasteiger partial charge in [0.2, 0.25) is 0 Å². The SMILES string of the molecule is CCCCCCCCCCCCCCC(=O)O[C@H]1[C@H](O)[C@@H](CO)OC[C@H]1O. The van der Waals surface area contributed by atoms with Crippen LogP contribution in [0.25, 0.3) is 0 Å². The molecule has 1 saturated heterocycles. The van der Waals surface area contributed by atoms with E-state index in [2.05, 4.69) is 6.92 Å². The normalized spacial score (nSPS) is 25.5. The fourth-order valence-corrected chi connectivity index (χ4v) is 3.48. The summed E-state index contributed by atoms with van der Waals surface area (Å²) in [6, 6.07) is 0. The molecule has 4 atom stereocenters. The number of carbonyl (C=O) groups is 1. The molecule has 160 valence electrons. The maximum atomic E-state index is 11.9. The lowest BCUT2D eigenvalue weighted by molar-refractivity contribution is -0.213. The zero-order valence-electron chi connectivity index (χ0n) is 17.0. The monoisotopic (exact) mass is 388 g/mol. The van der Waals surface area contributed by atoms with Crippen LogP contribution >= 0.6 is 0 Å². The molecule has 6 heteroatoms. The van der Waals surface area contributed by atoms with Crippen molar-refractivity contribution in [1.82, 2.24) is 0 Å². The van der Waals surface area contributed by atoms with Gasteiger partial charge in [-0.15, -0.1) is 0 Å². The molecule has 1 heterocycles. The Labute approximate surface area is 164 Å². The molecule has 0 bridgehead atoms. The van der Waals surface area contributed by atoms with Crippen LogP contribution in [0.4, 0.5) is 0 Å².